The molecule has 0 radical (unpaired) electrons. The number of hydrogen-bond acceptors (Lipinski definition) is 5. The zero-order valence-corrected chi connectivity index (χ0v) is 17.1. The number of carbonyl (C=O) groups is 1. The molecule has 0 aliphatic heterocycles. The van der Waals surface area contributed by atoms with Gasteiger partial charge in [-0.15, -0.1) is 0 Å². The lowest BCUT2D eigenvalue weighted by Gasteiger charge is -2.09. The van der Waals surface area contributed by atoms with Gasteiger partial charge < -0.3 is 18.8 Å². The number of hydrogen-bond donors (Lipinski definition) is 0. The van der Waals surface area contributed by atoms with Crippen molar-refractivity contribution in [2.45, 2.75) is 6.61 Å². The summed E-state index contributed by atoms with van der Waals surface area (Å²) in [5, 5.41) is 0. The Balaban J connectivity index is 1.61. The van der Waals surface area contributed by atoms with Gasteiger partial charge in [-0.1, -0.05) is 24.8 Å². The van der Waals surface area contributed by atoms with Gasteiger partial charge in [0.1, 0.15) is 24.8 Å². The number of allylic oxidation sites excluding steroid dienone is 1. The second-order valence-corrected chi connectivity index (χ2v) is 6.47. The van der Waals surface area contributed by atoms with Gasteiger partial charge in [-0.05, 0) is 48.0 Å². The van der Waals surface area contributed by atoms with Crippen LogP contribution in [0.4, 0.5) is 0 Å². The first-order chi connectivity index (χ1) is 14.6. The number of imidazole rings is 1. The Labute approximate surface area is 176 Å². The van der Waals surface area contributed by atoms with E-state index in [-0.39, 0.29) is 5.78 Å². The van der Waals surface area contributed by atoms with Gasteiger partial charge in [0.25, 0.3) is 0 Å². The molecule has 3 rings (SSSR count). The third-order valence-corrected chi connectivity index (χ3v) is 4.40. The van der Waals surface area contributed by atoms with Crippen molar-refractivity contribution in [3.63, 3.8) is 0 Å². The van der Waals surface area contributed by atoms with Gasteiger partial charge in [-0.25, -0.2) is 4.98 Å². The van der Waals surface area contributed by atoms with E-state index >= 15 is 0 Å². The molecule has 1 aromatic heterocycles. The van der Waals surface area contributed by atoms with Gasteiger partial charge in [0, 0.05) is 25.0 Å². The van der Waals surface area contributed by atoms with Crippen LogP contribution in [0.2, 0.25) is 0 Å². The molecule has 6 heteroatoms. The van der Waals surface area contributed by atoms with E-state index in [0.717, 1.165) is 11.4 Å². The van der Waals surface area contributed by atoms with Crippen molar-refractivity contribution < 1.29 is 19.0 Å². The molecule has 0 bridgehead atoms. The summed E-state index contributed by atoms with van der Waals surface area (Å²) in [6.45, 7) is 4.39. The minimum atomic E-state index is -0.100. The Kier molecular flexibility index (Phi) is 7.05. The van der Waals surface area contributed by atoms with Crippen molar-refractivity contribution in [2.75, 3.05) is 13.7 Å². The third-order valence-electron chi connectivity index (χ3n) is 4.40. The molecule has 0 saturated carbocycles. The van der Waals surface area contributed by atoms with Crippen LogP contribution in [0.15, 0.2) is 73.6 Å². The summed E-state index contributed by atoms with van der Waals surface area (Å²) in [6.07, 6.45) is 8.53. The van der Waals surface area contributed by atoms with Crippen molar-refractivity contribution in [1.82, 2.24) is 9.55 Å². The van der Waals surface area contributed by atoms with Crippen LogP contribution in [-0.2, 0) is 13.7 Å². The van der Waals surface area contributed by atoms with Crippen LogP contribution in [0, 0.1) is 0 Å². The van der Waals surface area contributed by atoms with E-state index in [4.69, 9.17) is 14.2 Å². The number of ether oxygens (including phenoxy) is 3. The summed E-state index contributed by atoms with van der Waals surface area (Å²) >= 11 is 0. The zero-order chi connectivity index (χ0) is 21.3. The molecule has 1 heterocycles. The highest BCUT2D eigenvalue weighted by atomic mass is 16.5. The van der Waals surface area contributed by atoms with Gasteiger partial charge in [0.2, 0.25) is 0 Å². The van der Waals surface area contributed by atoms with E-state index in [1.807, 2.05) is 29.9 Å². The van der Waals surface area contributed by atoms with Crippen LogP contribution in [0.5, 0.6) is 17.2 Å². The topological polar surface area (TPSA) is 62.6 Å². The molecule has 30 heavy (non-hydrogen) atoms. The lowest BCUT2D eigenvalue weighted by atomic mass is 10.1. The van der Waals surface area contributed by atoms with Gasteiger partial charge in [0.05, 0.1) is 7.11 Å². The normalized spacial score (nSPS) is 10.7. The number of methoxy groups -OCH3 is 1. The Bertz CT molecular complexity index is 1040. The quantitative estimate of drug-likeness (QED) is 0.283. The Morgan fingerprint density at radius 2 is 1.93 bits per heavy atom. The molecule has 2 aromatic carbocycles. The van der Waals surface area contributed by atoms with Crippen LogP contribution in [0.25, 0.3) is 6.08 Å². The van der Waals surface area contributed by atoms with E-state index in [0.29, 0.717) is 36.0 Å². The van der Waals surface area contributed by atoms with Gasteiger partial charge in [0.15, 0.2) is 17.3 Å². The lowest BCUT2D eigenvalue weighted by Crippen LogP contribution is -2.03. The molecule has 0 saturated heterocycles. The number of aryl methyl sites for hydroxylation is 1. The van der Waals surface area contributed by atoms with Gasteiger partial charge in [-0.2, -0.15) is 0 Å². The van der Waals surface area contributed by atoms with Crippen LogP contribution in [0.3, 0.4) is 0 Å². The van der Waals surface area contributed by atoms with Crippen molar-refractivity contribution >= 4 is 11.9 Å². The molecular formula is C24H24N2O4. The molecule has 0 unspecified atom stereocenters. The number of ketones is 1. The summed E-state index contributed by atoms with van der Waals surface area (Å²) in [7, 11) is 3.49. The lowest BCUT2D eigenvalue weighted by molar-refractivity contribution is 0.104. The summed E-state index contributed by atoms with van der Waals surface area (Å²) in [5.74, 6) is 2.63. The molecule has 0 atom stereocenters. The Morgan fingerprint density at radius 1 is 1.13 bits per heavy atom. The highest BCUT2D eigenvalue weighted by molar-refractivity contribution is 6.06. The first kappa shape index (κ1) is 20.9. The third kappa shape index (κ3) is 5.38. The predicted octanol–water partition coefficient (Wildman–Crippen LogP) is 4.47. The van der Waals surface area contributed by atoms with Gasteiger partial charge in [-0.3, -0.25) is 4.79 Å². The largest absolute Gasteiger partial charge is 0.493 e. The van der Waals surface area contributed by atoms with E-state index < -0.39 is 0 Å². The maximum absolute atomic E-state index is 12.5. The van der Waals surface area contributed by atoms with E-state index in [1.165, 1.54) is 6.08 Å². The molecule has 6 nitrogen and oxygen atoms in total. The fourth-order valence-corrected chi connectivity index (χ4v) is 2.72. The Morgan fingerprint density at radius 3 is 2.60 bits per heavy atom. The SMILES string of the molecule is C=CCOc1ccc(C=CC(=O)c2ccc(OCc3nccn3C)cc2)cc1OC. The van der Waals surface area contributed by atoms with Crippen molar-refractivity contribution in [3.05, 3.63) is 90.5 Å². The van der Waals surface area contributed by atoms with Crippen molar-refractivity contribution in [1.29, 1.82) is 0 Å². The monoisotopic (exact) mass is 404 g/mol. The minimum Gasteiger partial charge on any atom is -0.493 e. The number of aromatic nitrogens is 2. The van der Waals surface area contributed by atoms with Crippen molar-refractivity contribution in [3.8, 4) is 17.2 Å². The van der Waals surface area contributed by atoms with Crippen LogP contribution >= 0.6 is 0 Å². The van der Waals surface area contributed by atoms with Gasteiger partial charge >= 0.3 is 0 Å². The summed E-state index contributed by atoms with van der Waals surface area (Å²) < 4.78 is 18.5. The molecule has 0 spiro atoms. The molecule has 0 N–H and O–H groups in total. The first-order valence-electron chi connectivity index (χ1n) is 9.44. The molecule has 0 fully saturated rings. The fourth-order valence-electron chi connectivity index (χ4n) is 2.72. The highest BCUT2D eigenvalue weighted by Gasteiger charge is 2.06. The molecule has 0 aliphatic carbocycles. The average Bonchev–Trinajstić information content (AvgIpc) is 3.19. The average molecular weight is 404 g/mol. The van der Waals surface area contributed by atoms with Crippen LogP contribution < -0.4 is 14.2 Å². The van der Waals surface area contributed by atoms with E-state index in [2.05, 4.69) is 11.6 Å². The molecule has 0 amide bonds. The second kappa shape index (κ2) is 10.1. The van der Waals surface area contributed by atoms with E-state index in [9.17, 15) is 4.79 Å². The minimum absolute atomic E-state index is 0.100. The standard InChI is InChI=1S/C24H24N2O4/c1-4-15-29-22-12-6-18(16-23(22)28-3)5-11-21(27)19-7-9-20(10-8-19)30-17-24-25-13-14-26(24)2/h4-14,16H,1,15,17H2,2-3H3. The Hall–Kier alpha value is -3.80. The van der Waals surface area contributed by atoms with Crippen LogP contribution in [0.1, 0.15) is 21.7 Å². The smallest absolute Gasteiger partial charge is 0.185 e. The zero-order valence-electron chi connectivity index (χ0n) is 17.1. The summed E-state index contributed by atoms with van der Waals surface area (Å²) in [5.41, 5.74) is 1.41. The first-order valence-corrected chi connectivity index (χ1v) is 9.44. The molecule has 154 valence electrons. The molecular weight excluding hydrogens is 380 g/mol. The molecule has 0 aliphatic rings. The number of rotatable bonds is 10. The maximum Gasteiger partial charge on any atom is 0.185 e. The molecule has 3 aromatic rings. The maximum atomic E-state index is 12.5. The van der Waals surface area contributed by atoms with E-state index in [1.54, 1.807) is 55.8 Å². The van der Waals surface area contributed by atoms with Crippen molar-refractivity contribution in [2.24, 2.45) is 7.05 Å². The fraction of sp³-hybridized carbons (Fsp3) is 0.167. The summed E-state index contributed by atoms with van der Waals surface area (Å²) in [6, 6.07) is 12.5. The number of nitrogens with zero attached hydrogens (tertiary/aromatic N) is 2. The predicted molar refractivity (Wildman–Crippen MR) is 116 cm³/mol. The number of benzene rings is 2. The number of carbonyl (C=O) groups excluding carboxylic acids is 1. The second-order valence-electron chi connectivity index (χ2n) is 6.47. The highest BCUT2D eigenvalue weighted by Crippen LogP contribution is 2.28. The summed E-state index contributed by atoms with van der Waals surface area (Å²) in [4.78, 5) is 16.7. The van der Waals surface area contributed by atoms with Crippen LogP contribution in [-0.4, -0.2) is 29.1 Å².